The smallest absolute Gasteiger partial charge is 0.305 e. The van der Waals surface area contributed by atoms with Gasteiger partial charge in [0.15, 0.2) is 11.5 Å². The molecular formula is C27H23ClN2O5S2. The number of phenolic OH excluding ortho intramolecular Hbond substituents is 1. The molecule has 190 valence electrons. The van der Waals surface area contributed by atoms with Gasteiger partial charge in [-0.25, -0.2) is 0 Å². The van der Waals surface area contributed by atoms with E-state index in [2.05, 4.69) is 4.98 Å². The fraction of sp³-hybridized carbons (Fsp3) is 0.370. The van der Waals surface area contributed by atoms with E-state index in [4.69, 9.17) is 16.3 Å². The third kappa shape index (κ3) is 3.30. The summed E-state index contributed by atoms with van der Waals surface area (Å²) in [5, 5.41) is 11.8. The number of H-pyrrole nitrogens is 1. The predicted molar refractivity (Wildman–Crippen MR) is 142 cm³/mol. The molecule has 2 N–H and O–H groups in total. The second-order valence-corrected chi connectivity index (χ2v) is 12.7. The fourth-order valence-corrected chi connectivity index (χ4v) is 10.2. The van der Waals surface area contributed by atoms with Crippen molar-refractivity contribution in [1.29, 1.82) is 0 Å². The minimum absolute atomic E-state index is 0.0148. The molecule has 7 nitrogen and oxygen atoms in total. The summed E-state index contributed by atoms with van der Waals surface area (Å²) >= 11 is 8.91. The van der Waals surface area contributed by atoms with Crippen LogP contribution in [0.4, 0.5) is 5.69 Å². The first-order valence-corrected chi connectivity index (χ1v) is 14.4. The number of aromatic hydroxyl groups is 1. The number of thiazole rings is 1. The predicted octanol–water partition coefficient (Wildman–Crippen LogP) is 4.87. The molecule has 0 radical (unpaired) electrons. The Labute approximate surface area is 225 Å². The Morgan fingerprint density at radius 2 is 1.81 bits per heavy atom. The van der Waals surface area contributed by atoms with E-state index in [-0.39, 0.29) is 63.2 Å². The first kappa shape index (κ1) is 23.4. The number of aromatic amines is 1. The molecule has 10 heteroatoms. The van der Waals surface area contributed by atoms with Crippen molar-refractivity contribution in [2.45, 2.75) is 29.5 Å². The molecule has 5 unspecified atom stereocenters. The SMILES string of the molecule is CCOc1cc(C2c3sc(=O)[nH]c3SC3C2[C@H]2C[C@@H]3C3C(=O)N(c4ccc(Cl)cc4)C(=O)C32)ccc1O. The van der Waals surface area contributed by atoms with Crippen molar-refractivity contribution in [3.63, 3.8) is 0 Å². The number of aromatic nitrogens is 1. The zero-order valence-corrected chi connectivity index (χ0v) is 22.1. The van der Waals surface area contributed by atoms with Crippen LogP contribution in [0.25, 0.3) is 0 Å². The average molecular weight is 555 g/mol. The Kier molecular flexibility index (Phi) is 5.29. The number of rotatable bonds is 4. The first-order valence-electron chi connectivity index (χ1n) is 12.4. The summed E-state index contributed by atoms with van der Waals surface area (Å²) in [5.74, 6) is -0.522. The summed E-state index contributed by atoms with van der Waals surface area (Å²) in [6, 6.07) is 12.2. The summed E-state index contributed by atoms with van der Waals surface area (Å²) in [6.07, 6.45) is 0.815. The Morgan fingerprint density at radius 1 is 1.08 bits per heavy atom. The van der Waals surface area contributed by atoms with Crippen LogP contribution in [0.1, 0.15) is 29.7 Å². The van der Waals surface area contributed by atoms with Crippen molar-refractivity contribution in [2.75, 3.05) is 11.5 Å². The number of ether oxygens (including phenoxy) is 1. The third-order valence-electron chi connectivity index (χ3n) is 8.45. The highest BCUT2D eigenvalue weighted by Gasteiger charge is 2.69. The number of nitrogens with one attached hydrogen (secondary N) is 1. The zero-order chi connectivity index (χ0) is 25.6. The van der Waals surface area contributed by atoms with Crippen LogP contribution >= 0.6 is 34.7 Å². The number of nitrogens with zero attached hydrogens (tertiary/aromatic N) is 1. The highest BCUT2D eigenvalue weighted by Crippen LogP contribution is 2.68. The summed E-state index contributed by atoms with van der Waals surface area (Å²) in [7, 11) is 0. The zero-order valence-electron chi connectivity index (χ0n) is 19.7. The van der Waals surface area contributed by atoms with E-state index in [1.165, 1.54) is 16.2 Å². The number of amides is 2. The van der Waals surface area contributed by atoms with E-state index in [1.807, 2.05) is 19.1 Å². The van der Waals surface area contributed by atoms with Crippen LogP contribution in [0.15, 0.2) is 52.3 Å². The topological polar surface area (TPSA) is 99.7 Å². The minimum Gasteiger partial charge on any atom is -0.504 e. The molecular weight excluding hydrogens is 532 g/mol. The van der Waals surface area contributed by atoms with Crippen LogP contribution in [0, 0.1) is 29.6 Å². The van der Waals surface area contributed by atoms with E-state index < -0.39 is 0 Å². The Bertz CT molecular complexity index is 1500. The van der Waals surface area contributed by atoms with Gasteiger partial charge in [0.05, 0.1) is 29.2 Å². The molecule has 2 bridgehead atoms. The number of hydrogen-bond donors (Lipinski definition) is 2. The third-order valence-corrected chi connectivity index (χ3v) is 11.3. The minimum atomic E-state index is -0.377. The molecule has 2 aliphatic heterocycles. The number of fused-ring (bicyclic) bond motifs is 9. The van der Waals surface area contributed by atoms with Gasteiger partial charge in [0.1, 0.15) is 0 Å². The van der Waals surface area contributed by atoms with E-state index >= 15 is 0 Å². The standard InChI is InChI=1S/C27H23ClN2O5S2/c1-2-35-17-9-11(3-8-16(17)31)18-19-14-10-15(22(19)36-24-23(18)37-27(34)29-24)21-20(14)25(32)30(26(21)33)13-6-4-12(28)5-7-13/h3-9,14-15,18-22,31H,2,10H2,1H3,(H,29,34)/t14-,15-,18?,19?,20?,21?,22?/m1/s1. The van der Waals surface area contributed by atoms with Crippen molar-refractivity contribution in [3.8, 4) is 11.5 Å². The highest BCUT2D eigenvalue weighted by molar-refractivity contribution is 8.00. The van der Waals surface area contributed by atoms with E-state index in [1.54, 1.807) is 42.1 Å². The lowest BCUT2D eigenvalue weighted by Crippen LogP contribution is -2.42. The molecule has 1 aromatic heterocycles. The number of carbonyl (C=O) groups excluding carboxylic acids is 2. The summed E-state index contributed by atoms with van der Waals surface area (Å²) in [4.78, 5) is 45.1. The molecule has 4 aliphatic rings. The van der Waals surface area contributed by atoms with Crippen molar-refractivity contribution < 1.29 is 19.4 Å². The second-order valence-electron chi connectivity index (χ2n) is 10.1. The maximum Gasteiger partial charge on any atom is 0.305 e. The van der Waals surface area contributed by atoms with Crippen molar-refractivity contribution in [3.05, 3.63) is 67.6 Å². The molecule has 37 heavy (non-hydrogen) atoms. The number of phenols is 1. The summed E-state index contributed by atoms with van der Waals surface area (Å²) < 4.78 is 5.67. The van der Waals surface area contributed by atoms with Gasteiger partial charge in [0.25, 0.3) is 0 Å². The largest absolute Gasteiger partial charge is 0.504 e. The molecule has 3 heterocycles. The lowest BCUT2D eigenvalue weighted by Gasteiger charge is -2.43. The normalized spacial score (nSPS) is 31.4. The monoisotopic (exact) mass is 554 g/mol. The van der Waals surface area contributed by atoms with Crippen molar-refractivity contribution >= 4 is 52.2 Å². The fourth-order valence-electron chi connectivity index (χ4n) is 7.23. The number of carbonyl (C=O) groups is 2. The highest BCUT2D eigenvalue weighted by atomic mass is 35.5. The molecule has 0 spiro atoms. The molecule has 2 aliphatic carbocycles. The lowest BCUT2D eigenvalue weighted by molar-refractivity contribution is -0.123. The average Bonchev–Trinajstić information content (AvgIpc) is 3.60. The molecule has 7 atom stereocenters. The maximum atomic E-state index is 13.8. The van der Waals surface area contributed by atoms with Crippen molar-refractivity contribution in [1.82, 2.24) is 4.98 Å². The van der Waals surface area contributed by atoms with Crippen LogP contribution < -0.4 is 14.5 Å². The van der Waals surface area contributed by atoms with Gasteiger partial charge >= 0.3 is 4.87 Å². The number of benzene rings is 2. The van der Waals surface area contributed by atoms with Gasteiger partial charge in [-0.05, 0) is 73.1 Å². The van der Waals surface area contributed by atoms with Gasteiger partial charge in [-0.3, -0.25) is 19.3 Å². The summed E-state index contributed by atoms with van der Waals surface area (Å²) in [6.45, 7) is 2.28. The molecule has 1 saturated heterocycles. The molecule has 2 amide bonds. The van der Waals surface area contributed by atoms with E-state index in [0.29, 0.717) is 23.1 Å². The Balaban J connectivity index is 1.32. The van der Waals surface area contributed by atoms with E-state index in [9.17, 15) is 19.5 Å². The number of anilines is 1. The molecule has 2 saturated carbocycles. The van der Waals surface area contributed by atoms with Crippen LogP contribution in [0.5, 0.6) is 11.5 Å². The van der Waals surface area contributed by atoms with Gasteiger partial charge in [0.2, 0.25) is 11.8 Å². The first-order chi connectivity index (χ1) is 17.9. The second kappa shape index (κ2) is 8.38. The van der Waals surface area contributed by atoms with Crippen LogP contribution in [0.2, 0.25) is 5.02 Å². The quantitative estimate of drug-likeness (QED) is 0.446. The van der Waals surface area contributed by atoms with E-state index in [0.717, 1.165) is 21.9 Å². The van der Waals surface area contributed by atoms with Crippen molar-refractivity contribution in [2.24, 2.45) is 29.6 Å². The number of imide groups is 1. The molecule has 2 aromatic carbocycles. The lowest BCUT2D eigenvalue weighted by atomic mass is 9.68. The Morgan fingerprint density at radius 3 is 2.54 bits per heavy atom. The molecule has 7 rings (SSSR count). The molecule has 3 fully saturated rings. The Hall–Kier alpha value is -2.75. The molecule has 3 aromatic rings. The number of halogens is 1. The van der Waals surface area contributed by atoms with Gasteiger partial charge in [-0.2, -0.15) is 0 Å². The van der Waals surface area contributed by atoms with Gasteiger partial charge in [0, 0.05) is 21.1 Å². The van der Waals surface area contributed by atoms with Crippen LogP contribution in [-0.4, -0.2) is 33.8 Å². The van der Waals surface area contributed by atoms with Gasteiger partial charge < -0.3 is 14.8 Å². The van der Waals surface area contributed by atoms with Gasteiger partial charge in [-0.15, -0.1) is 11.8 Å². The van der Waals surface area contributed by atoms with Crippen LogP contribution in [0.3, 0.4) is 0 Å². The van der Waals surface area contributed by atoms with Gasteiger partial charge in [-0.1, -0.05) is 29.0 Å². The number of hydrogen-bond acceptors (Lipinski definition) is 7. The number of thioether (sulfide) groups is 1. The maximum absolute atomic E-state index is 13.8. The van der Waals surface area contributed by atoms with Crippen LogP contribution in [-0.2, 0) is 9.59 Å². The summed E-state index contributed by atoms with van der Waals surface area (Å²) in [5.41, 5.74) is 1.51.